The molecule has 7 nitrogen and oxygen atoms in total. The van der Waals surface area contributed by atoms with Gasteiger partial charge in [0.15, 0.2) is 5.78 Å². The summed E-state index contributed by atoms with van der Waals surface area (Å²) in [5.74, 6) is -0.992. The maximum atomic E-state index is 11.9. The first-order valence-electron chi connectivity index (χ1n) is 7.01. The normalized spacial score (nSPS) is 10.2. The van der Waals surface area contributed by atoms with Crippen molar-refractivity contribution in [2.75, 3.05) is 24.6 Å². The Balaban J connectivity index is 2.75. The lowest BCUT2D eigenvalue weighted by Gasteiger charge is -2.20. The van der Waals surface area contributed by atoms with Crippen molar-refractivity contribution in [1.82, 2.24) is 9.78 Å². The van der Waals surface area contributed by atoms with Gasteiger partial charge < -0.3 is 9.64 Å². The van der Waals surface area contributed by atoms with Crippen LogP contribution in [0.4, 0.5) is 5.69 Å². The lowest BCUT2D eigenvalue weighted by atomic mass is 10.3. The Kier molecular flexibility index (Phi) is 6.58. The Morgan fingerprint density at radius 2 is 1.95 bits per heavy atom. The van der Waals surface area contributed by atoms with E-state index in [1.807, 2.05) is 18.7 Å². The largest absolute Gasteiger partial charge is 0.466 e. The maximum Gasteiger partial charge on any atom is 0.313 e. The zero-order valence-corrected chi connectivity index (χ0v) is 12.7. The predicted molar refractivity (Wildman–Crippen MR) is 78.3 cm³/mol. The molecule has 0 fully saturated rings. The number of carbonyl (C=O) groups excluding carboxylic acids is 2. The monoisotopic (exact) mass is 295 g/mol. The van der Waals surface area contributed by atoms with Crippen LogP contribution in [0.1, 0.15) is 27.2 Å². The molecule has 0 saturated carbocycles. The molecular formula is C14H21N3O4. The second kappa shape index (κ2) is 8.18. The highest BCUT2D eigenvalue weighted by Gasteiger charge is 2.13. The van der Waals surface area contributed by atoms with E-state index < -0.39 is 11.8 Å². The molecule has 0 amide bonds. The molecule has 21 heavy (non-hydrogen) atoms. The van der Waals surface area contributed by atoms with E-state index in [4.69, 9.17) is 0 Å². The second-order valence-electron chi connectivity index (χ2n) is 4.40. The van der Waals surface area contributed by atoms with Crippen molar-refractivity contribution in [1.29, 1.82) is 0 Å². The van der Waals surface area contributed by atoms with Crippen LogP contribution in [-0.4, -0.2) is 41.2 Å². The zero-order chi connectivity index (χ0) is 15.8. The summed E-state index contributed by atoms with van der Waals surface area (Å²) in [7, 11) is 0. The molecular weight excluding hydrogens is 274 g/mol. The molecule has 0 aliphatic heterocycles. The van der Waals surface area contributed by atoms with Crippen LogP contribution in [0.5, 0.6) is 0 Å². The van der Waals surface area contributed by atoms with Crippen molar-refractivity contribution in [2.24, 2.45) is 0 Å². The van der Waals surface area contributed by atoms with Gasteiger partial charge in [-0.25, -0.2) is 4.68 Å². The van der Waals surface area contributed by atoms with Crippen LogP contribution >= 0.6 is 0 Å². The number of ketones is 1. The summed E-state index contributed by atoms with van der Waals surface area (Å²) in [5, 5.41) is 3.98. The van der Waals surface area contributed by atoms with Gasteiger partial charge in [-0.15, -0.1) is 0 Å². The van der Waals surface area contributed by atoms with E-state index in [2.05, 4.69) is 9.84 Å². The summed E-state index contributed by atoms with van der Waals surface area (Å²) in [5.41, 5.74) is 0.357. The third-order valence-corrected chi connectivity index (χ3v) is 2.96. The number of hydrogen-bond donors (Lipinski definition) is 0. The fourth-order valence-electron chi connectivity index (χ4n) is 1.90. The summed E-state index contributed by atoms with van der Waals surface area (Å²) in [6.07, 6.45) is 1.20. The number of carbonyl (C=O) groups is 2. The molecule has 0 N–H and O–H groups in total. The van der Waals surface area contributed by atoms with Crippen LogP contribution in [-0.2, 0) is 20.9 Å². The number of esters is 1. The van der Waals surface area contributed by atoms with Crippen LogP contribution < -0.4 is 10.5 Å². The van der Waals surface area contributed by atoms with E-state index in [0.29, 0.717) is 0 Å². The molecule has 0 bridgehead atoms. The fraction of sp³-hybridized carbons (Fsp3) is 0.571. The first-order chi connectivity index (χ1) is 10.0. The van der Waals surface area contributed by atoms with Crippen molar-refractivity contribution in [3.63, 3.8) is 0 Å². The Bertz CT molecular complexity index is 549. The molecule has 116 valence electrons. The van der Waals surface area contributed by atoms with Gasteiger partial charge in [0.1, 0.15) is 13.0 Å². The average molecular weight is 295 g/mol. The Morgan fingerprint density at radius 1 is 1.29 bits per heavy atom. The van der Waals surface area contributed by atoms with E-state index in [1.54, 1.807) is 13.1 Å². The number of anilines is 1. The number of aromatic nitrogens is 2. The molecule has 0 aliphatic rings. The molecule has 0 radical (unpaired) electrons. The predicted octanol–water partition coefficient (Wildman–Crippen LogP) is 0.612. The number of hydrogen-bond acceptors (Lipinski definition) is 6. The molecule has 0 unspecified atom stereocenters. The van der Waals surface area contributed by atoms with Gasteiger partial charge in [-0.2, -0.15) is 5.10 Å². The van der Waals surface area contributed by atoms with E-state index in [9.17, 15) is 14.4 Å². The molecule has 0 aliphatic carbocycles. The molecule has 1 heterocycles. The van der Waals surface area contributed by atoms with Gasteiger partial charge in [0.2, 0.25) is 0 Å². The van der Waals surface area contributed by atoms with Crippen molar-refractivity contribution in [3.8, 4) is 0 Å². The first-order valence-corrected chi connectivity index (χ1v) is 7.01. The average Bonchev–Trinajstić information content (AvgIpc) is 2.43. The molecule has 0 spiro atoms. The minimum atomic E-state index is -0.588. The van der Waals surface area contributed by atoms with E-state index in [1.165, 1.54) is 6.07 Å². The van der Waals surface area contributed by atoms with Gasteiger partial charge >= 0.3 is 5.97 Å². The summed E-state index contributed by atoms with van der Waals surface area (Å²) < 4.78 is 5.74. The van der Waals surface area contributed by atoms with Crippen molar-refractivity contribution >= 4 is 17.4 Å². The minimum Gasteiger partial charge on any atom is -0.466 e. The van der Waals surface area contributed by atoms with Crippen molar-refractivity contribution in [2.45, 2.75) is 33.7 Å². The number of Topliss-reactive ketones (excluding diaryl/α,β-unsaturated/α-hetero) is 1. The quantitative estimate of drug-likeness (QED) is 0.516. The highest BCUT2D eigenvalue weighted by Crippen LogP contribution is 2.08. The highest BCUT2D eigenvalue weighted by molar-refractivity contribution is 5.95. The first kappa shape index (κ1) is 16.9. The zero-order valence-electron chi connectivity index (χ0n) is 12.7. The van der Waals surface area contributed by atoms with Crippen LogP contribution in [0.3, 0.4) is 0 Å². The van der Waals surface area contributed by atoms with Gasteiger partial charge in [-0.05, 0) is 20.8 Å². The van der Waals surface area contributed by atoms with Gasteiger partial charge in [0.25, 0.3) is 5.56 Å². The number of ether oxygens (including phenoxy) is 1. The molecule has 0 atom stereocenters. The SMILES string of the molecule is CCOC(=O)CC(=O)Cn1ncc(N(CC)CC)cc1=O. The summed E-state index contributed by atoms with van der Waals surface area (Å²) in [4.78, 5) is 36.8. The van der Waals surface area contributed by atoms with Crippen LogP contribution in [0, 0.1) is 0 Å². The van der Waals surface area contributed by atoms with Crippen molar-refractivity contribution < 1.29 is 14.3 Å². The van der Waals surface area contributed by atoms with Crippen LogP contribution in [0.25, 0.3) is 0 Å². The molecule has 0 saturated heterocycles. The number of nitrogens with zero attached hydrogens (tertiary/aromatic N) is 3. The highest BCUT2D eigenvalue weighted by atomic mass is 16.5. The van der Waals surface area contributed by atoms with Crippen LogP contribution in [0.2, 0.25) is 0 Å². The van der Waals surface area contributed by atoms with E-state index in [-0.39, 0.29) is 25.1 Å². The van der Waals surface area contributed by atoms with Gasteiger partial charge in [0.05, 0.1) is 18.5 Å². The fourth-order valence-corrected chi connectivity index (χ4v) is 1.90. The molecule has 1 aromatic rings. The van der Waals surface area contributed by atoms with E-state index in [0.717, 1.165) is 23.5 Å². The minimum absolute atomic E-state index is 0.225. The third kappa shape index (κ3) is 5.02. The summed E-state index contributed by atoms with van der Waals surface area (Å²) >= 11 is 0. The standard InChI is InChI=1S/C14H21N3O4/c1-4-16(5-2)11-7-13(19)17(15-9-11)10-12(18)8-14(20)21-6-3/h7,9H,4-6,8,10H2,1-3H3. The van der Waals surface area contributed by atoms with E-state index >= 15 is 0 Å². The maximum absolute atomic E-state index is 11.9. The molecule has 0 aromatic carbocycles. The lowest BCUT2D eigenvalue weighted by Crippen LogP contribution is -2.30. The summed E-state index contributed by atoms with van der Waals surface area (Å²) in [6.45, 7) is 7.17. The van der Waals surface area contributed by atoms with Crippen molar-refractivity contribution in [3.05, 3.63) is 22.6 Å². The third-order valence-electron chi connectivity index (χ3n) is 2.96. The topological polar surface area (TPSA) is 81.5 Å². The molecule has 1 aromatic heterocycles. The Labute approximate surface area is 123 Å². The van der Waals surface area contributed by atoms with Gasteiger partial charge in [-0.1, -0.05) is 0 Å². The number of rotatable bonds is 8. The smallest absolute Gasteiger partial charge is 0.313 e. The summed E-state index contributed by atoms with van der Waals surface area (Å²) in [6, 6.07) is 1.44. The van der Waals surface area contributed by atoms with Gasteiger partial charge in [0, 0.05) is 19.2 Å². The molecule has 7 heteroatoms. The van der Waals surface area contributed by atoms with Gasteiger partial charge in [-0.3, -0.25) is 14.4 Å². The Hall–Kier alpha value is -2.18. The lowest BCUT2D eigenvalue weighted by molar-refractivity contribution is -0.145. The molecule has 1 rings (SSSR count). The van der Waals surface area contributed by atoms with Crippen LogP contribution in [0.15, 0.2) is 17.1 Å². The second-order valence-corrected chi connectivity index (χ2v) is 4.40. The Morgan fingerprint density at radius 3 is 2.48 bits per heavy atom.